The summed E-state index contributed by atoms with van der Waals surface area (Å²) in [6.45, 7) is 4.60. The maximum Gasteiger partial charge on any atom is 0.335 e. The second-order valence-electron chi connectivity index (χ2n) is 8.48. The van der Waals surface area contributed by atoms with Crippen LogP contribution in [-0.2, 0) is 6.42 Å². The number of aliphatic hydroxyl groups excluding tert-OH is 1. The van der Waals surface area contributed by atoms with Crippen molar-refractivity contribution < 1.29 is 29.6 Å². The molecule has 3 rings (SSSR count). The van der Waals surface area contributed by atoms with Crippen molar-refractivity contribution in [3.63, 3.8) is 0 Å². The van der Waals surface area contributed by atoms with Gasteiger partial charge in [0.2, 0.25) is 0 Å². The van der Waals surface area contributed by atoms with Crippen LogP contribution in [0.3, 0.4) is 0 Å². The lowest BCUT2D eigenvalue weighted by Gasteiger charge is -2.28. The molecule has 3 aromatic carbocycles. The summed E-state index contributed by atoms with van der Waals surface area (Å²) in [5.74, 6) is 0.879. The van der Waals surface area contributed by atoms with Gasteiger partial charge >= 0.3 is 5.97 Å². The summed E-state index contributed by atoms with van der Waals surface area (Å²) in [6.07, 6.45) is 0.0377. The summed E-state index contributed by atoms with van der Waals surface area (Å²) < 4.78 is 11.3. The number of phenolic OH excluding ortho intramolecular Hbond substituents is 1. The molecule has 0 spiro atoms. The molecule has 0 aliphatic rings. The zero-order valence-electron chi connectivity index (χ0n) is 19.5. The summed E-state index contributed by atoms with van der Waals surface area (Å²) in [7, 11) is 0. The molecule has 0 fully saturated rings. The first-order valence-corrected chi connectivity index (χ1v) is 10.7. The number of nitrogens with one attached hydrogen (secondary N) is 1. The summed E-state index contributed by atoms with van der Waals surface area (Å²) in [6, 6.07) is 20.4. The van der Waals surface area contributed by atoms with Crippen LogP contribution in [0.5, 0.6) is 23.0 Å². The Hall–Kier alpha value is -2.97. The Balaban J connectivity index is 0.00000306. The lowest BCUT2D eigenvalue weighted by molar-refractivity contribution is 0.0697. The molecule has 0 heterocycles. The fourth-order valence-corrected chi connectivity index (χ4v) is 3.27. The lowest BCUT2D eigenvalue weighted by Crippen LogP contribution is -2.46. The van der Waals surface area contributed by atoms with Crippen molar-refractivity contribution in [3.8, 4) is 23.0 Å². The predicted octanol–water partition coefficient (Wildman–Crippen LogP) is 5.08. The molecule has 0 aliphatic carbocycles. The molecule has 190 valence electrons. The highest BCUT2D eigenvalue weighted by atomic mass is 35.5. The zero-order chi connectivity index (χ0) is 23.8. The van der Waals surface area contributed by atoms with Crippen molar-refractivity contribution in [1.29, 1.82) is 0 Å². The maximum absolute atomic E-state index is 10.9. The average molecular weight is 524 g/mol. The van der Waals surface area contributed by atoms with Crippen LogP contribution in [0.4, 0.5) is 0 Å². The summed E-state index contributed by atoms with van der Waals surface area (Å²) in [4.78, 5) is 10.9. The van der Waals surface area contributed by atoms with E-state index in [0.717, 1.165) is 12.0 Å². The van der Waals surface area contributed by atoms with Crippen LogP contribution in [0.1, 0.15) is 29.8 Å². The Morgan fingerprint density at radius 1 is 0.943 bits per heavy atom. The van der Waals surface area contributed by atoms with Crippen molar-refractivity contribution in [2.45, 2.75) is 31.9 Å². The zero-order valence-corrected chi connectivity index (χ0v) is 21.1. The second-order valence-corrected chi connectivity index (χ2v) is 8.48. The number of β-amino-alcohol motifs (C(OH)–C–C–N with tert-alkyl or cyclic N) is 1. The third kappa shape index (κ3) is 10.0. The molecule has 1 atom stereocenters. The molecule has 0 aliphatic heterocycles. The summed E-state index contributed by atoms with van der Waals surface area (Å²) in [5, 5.41) is 32.0. The van der Waals surface area contributed by atoms with E-state index in [0.29, 0.717) is 23.8 Å². The van der Waals surface area contributed by atoms with Crippen LogP contribution >= 0.6 is 24.8 Å². The normalized spacial score (nSPS) is 11.5. The first-order valence-electron chi connectivity index (χ1n) is 10.7. The van der Waals surface area contributed by atoms with Crippen molar-refractivity contribution in [3.05, 3.63) is 83.9 Å². The molecule has 35 heavy (non-hydrogen) atoms. The van der Waals surface area contributed by atoms with Crippen molar-refractivity contribution >= 4 is 30.8 Å². The predicted molar refractivity (Wildman–Crippen MR) is 140 cm³/mol. The fraction of sp³-hybridized carbons (Fsp3) is 0.269. The smallest absolute Gasteiger partial charge is 0.335 e. The molecule has 0 amide bonds. The van der Waals surface area contributed by atoms with E-state index in [9.17, 15) is 15.0 Å². The highest BCUT2D eigenvalue weighted by Crippen LogP contribution is 2.23. The highest BCUT2D eigenvalue weighted by Gasteiger charge is 2.19. The highest BCUT2D eigenvalue weighted by molar-refractivity contribution is 5.87. The number of aliphatic hydroxyl groups is 1. The van der Waals surface area contributed by atoms with E-state index in [1.54, 1.807) is 30.3 Å². The molecule has 3 aromatic rings. The molecule has 0 saturated heterocycles. The molecule has 7 nitrogen and oxygen atoms in total. The third-order valence-corrected chi connectivity index (χ3v) is 4.98. The number of carbonyl (C=O) groups is 1. The summed E-state index contributed by atoms with van der Waals surface area (Å²) >= 11 is 0. The summed E-state index contributed by atoms with van der Waals surface area (Å²) in [5.41, 5.74) is 1.05. The maximum atomic E-state index is 10.9. The largest absolute Gasteiger partial charge is 0.508 e. The van der Waals surface area contributed by atoms with E-state index in [-0.39, 0.29) is 48.3 Å². The Kier molecular flexibility index (Phi) is 11.9. The topological polar surface area (TPSA) is 108 Å². The number of phenols is 1. The van der Waals surface area contributed by atoms with E-state index in [4.69, 9.17) is 14.6 Å². The molecule has 0 radical (unpaired) electrons. The fourth-order valence-electron chi connectivity index (χ4n) is 3.27. The van der Waals surface area contributed by atoms with Gasteiger partial charge in [-0.25, -0.2) is 4.79 Å². The van der Waals surface area contributed by atoms with Gasteiger partial charge in [0.15, 0.2) is 0 Å². The Labute approximate surface area is 217 Å². The SMILES string of the molecule is CC(C)(Cc1ccc(Oc2ccc(C(=O)O)cc2)cc1)NCC(O)COc1cccc(O)c1.Cl.Cl. The lowest BCUT2D eigenvalue weighted by atomic mass is 9.94. The first-order chi connectivity index (χ1) is 15.7. The van der Waals surface area contributed by atoms with Gasteiger partial charge in [0.1, 0.15) is 35.7 Å². The Bertz CT molecular complexity index is 1060. The number of hydrogen-bond acceptors (Lipinski definition) is 6. The van der Waals surface area contributed by atoms with Gasteiger partial charge in [0.25, 0.3) is 0 Å². The van der Waals surface area contributed by atoms with Crippen molar-refractivity contribution in [1.82, 2.24) is 5.32 Å². The van der Waals surface area contributed by atoms with E-state index < -0.39 is 12.1 Å². The molecule has 1 unspecified atom stereocenters. The number of benzene rings is 3. The first kappa shape index (κ1) is 30.1. The second kappa shape index (κ2) is 13.8. The number of carboxylic acid groups (broad SMARTS) is 1. The Morgan fingerprint density at radius 3 is 2.11 bits per heavy atom. The van der Waals surface area contributed by atoms with Crippen molar-refractivity contribution in [2.24, 2.45) is 0 Å². The average Bonchev–Trinajstić information content (AvgIpc) is 2.78. The minimum Gasteiger partial charge on any atom is -0.508 e. The molecule has 9 heteroatoms. The minimum absolute atomic E-state index is 0. The molecule has 0 bridgehead atoms. The third-order valence-electron chi connectivity index (χ3n) is 4.98. The minimum atomic E-state index is -0.973. The number of carboxylic acids is 1. The van der Waals surface area contributed by atoms with Crippen LogP contribution in [0, 0.1) is 0 Å². The van der Waals surface area contributed by atoms with Gasteiger partial charge in [-0.3, -0.25) is 0 Å². The van der Waals surface area contributed by atoms with Crippen LogP contribution in [0.15, 0.2) is 72.8 Å². The van der Waals surface area contributed by atoms with E-state index in [2.05, 4.69) is 19.2 Å². The van der Waals surface area contributed by atoms with Crippen LogP contribution in [-0.4, -0.2) is 46.1 Å². The van der Waals surface area contributed by atoms with Crippen molar-refractivity contribution in [2.75, 3.05) is 13.2 Å². The number of aromatic carboxylic acids is 1. The number of ether oxygens (including phenoxy) is 2. The number of rotatable bonds is 11. The van der Waals surface area contributed by atoms with E-state index >= 15 is 0 Å². The van der Waals surface area contributed by atoms with Crippen LogP contribution in [0.25, 0.3) is 0 Å². The van der Waals surface area contributed by atoms with Crippen LogP contribution in [0.2, 0.25) is 0 Å². The van der Waals surface area contributed by atoms with Gasteiger partial charge < -0.3 is 30.1 Å². The number of aromatic hydroxyl groups is 1. The number of halogens is 2. The van der Waals surface area contributed by atoms with Crippen LogP contribution < -0.4 is 14.8 Å². The van der Waals surface area contributed by atoms with Gasteiger partial charge in [-0.15, -0.1) is 24.8 Å². The Morgan fingerprint density at radius 2 is 1.54 bits per heavy atom. The van der Waals surface area contributed by atoms with E-state index in [1.165, 1.54) is 18.2 Å². The molecular weight excluding hydrogens is 493 g/mol. The molecular formula is C26H31Cl2NO6. The van der Waals surface area contributed by atoms with Gasteiger partial charge in [-0.2, -0.15) is 0 Å². The monoisotopic (exact) mass is 523 g/mol. The van der Waals surface area contributed by atoms with Gasteiger partial charge in [0.05, 0.1) is 5.56 Å². The van der Waals surface area contributed by atoms with E-state index in [1.807, 2.05) is 24.3 Å². The number of hydrogen-bond donors (Lipinski definition) is 4. The van der Waals surface area contributed by atoms with Gasteiger partial charge in [-0.1, -0.05) is 18.2 Å². The molecule has 4 N–H and O–H groups in total. The quantitative estimate of drug-likeness (QED) is 0.277. The van der Waals surface area contributed by atoms with Gasteiger partial charge in [0, 0.05) is 18.2 Å². The molecule has 0 aromatic heterocycles. The molecule has 0 saturated carbocycles. The van der Waals surface area contributed by atoms with Gasteiger partial charge in [-0.05, 0) is 74.4 Å². The standard InChI is InChI=1S/C26H29NO6.2ClH/c1-26(2,27-16-21(29)17-32-24-5-3-4-20(28)14-24)15-18-6-10-22(11-7-18)33-23-12-8-19(9-13-23)25(30)31;;/h3-14,21,27-29H,15-17H2,1-2H3,(H,30,31);2*1H.